The van der Waals surface area contributed by atoms with Crippen LogP contribution in [-0.2, 0) is 0 Å². The fraction of sp³-hybridized carbons (Fsp3) is 0.267. The van der Waals surface area contributed by atoms with E-state index in [4.69, 9.17) is 10.6 Å². The molecule has 0 saturated carbocycles. The number of nitrogen functional groups attached to an aromatic ring is 1. The third-order valence-corrected chi connectivity index (χ3v) is 2.80. The number of carbonyl (C=O) groups excluding carboxylic acids is 1. The van der Waals surface area contributed by atoms with Crippen molar-refractivity contribution in [3.63, 3.8) is 0 Å². The van der Waals surface area contributed by atoms with Crippen LogP contribution in [0.1, 0.15) is 24.2 Å². The Labute approximate surface area is 112 Å². The fourth-order valence-corrected chi connectivity index (χ4v) is 1.85. The first-order valence-electron chi connectivity index (χ1n) is 6.28. The van der Waals surface area contributed by atoms with Crippen molar-refractivity contribution in [2.24, 2.45) is 11.8 Å². The zero-order valence-electron chi connectivity index (χ0n) is 11.1. The minimum absolute atomic E-state index is 0.343. The van der Waals surface area contributed by atoms with Crippen molar-refractivity contribution in [3.8, 4) is 5.75 Å². The van der Waals surface area contributed by atoms with Gasteiger partial charge in [0.25, 0.3) is 5.91 Å². The first kappa shape index (κ1) is 13.4. The summed E-state index contributed by atoms with van der Waals surface area (Å²) >= 11 is 0. The molecule has 4 heteroatoms. The predicted molar refractivity (Wildman–Crippen MR) is 75.9 cm³/mol. The molecule has 0 fully saturated rings. The molecule has 2 aromatic carbocycles. The minimum Gasteiger partial charge on any atom is -0.492 e. The summed E-state index contributed by atoms with van der Waals surface area (Å²) in [5, 5.41) is 2.02. The van der Waals surface area contributed by atoms with Crippen LogP contribution in [0.3, 0.4) is 0 Å². The second-order valence-electron chi connectivity index (χ2n) is 4.87. The average Bonchev–Trinajstić information content (AvgIpc) is 2.43. The van der Waals surface area contributed by atoms with E-state index in [0.717, 1.165) is 10.8 Å². The molecule has 0 aliphatic rings. The molecule has 0 aromatic heterocycles. The number of rotatable bonds is 4. The summed E-state index contributed by atoms with van der Waals surface area (Å²) in [6.45, 7) is 4.68. The number of hydrogen-bond acceptors (Lipinski definition) is 3. The van der Waals surface area contributed by atoms with Gasteiger partial charge in [-0.3, -0.25) is 10.2 Å². The van der Waals surface area contributed by atoms with Crippen molar-refractivity contribution in [2.75, 3.05) is 6.61 Å². The van der Waals surface area contributed by atoms with Crippen LogP contribution < -0.4 is 16.0 Å². The van der Waals surface area contributed by atoms with Crippen LogP contribution in [0.15, 0.2) is 36.4 Å². The maximum atomic E-state index is 11.8. The lowest BCUT2D eigenvalue weighted by atomic mass is 10.1. The van der Waals surface area contributed by atoms with Crippen LogP contribution >= 0.6 is 0 Å². The molecule has 2 rings (SSSR count). The third-order valence-electron chi connectivity index (χ3n) is 2.80. The van der Waals surface area contributed by atoms with Gasteiger partial charge in [0.2, 0.25) is 0 Å². The summed E-state index contributed by atoms with van der Waals surface area (Å²) in [5.41, 5.74) is 2.62. The van der Waals surface area contributed by atoms with Crippen molar-refractivity contribution in [2.45, 2.75) is 13.8 Å². The highest BCUT2D eigenvalue weighted by atomic mass is 16.5. The highest BCUT2D eigenvalue weighted by Crippen LogP contribution is 2.26. The van der Waals surface area contributed by atoms with E-state index < -0.39 is 0 Å². The van der Waals surface area contributed by atoms with Crippen molar-refractivity contribution < 1.29 is 9.53 Å². The molecule has 0 bridgehead atoms. The summed E-state index contributed by atoms with van der Waals surface area (Å²) in [6, 6.07) is 11.5. The molecular weight excluding hydrogens is 240 g/mol. The predicted octanol–water partition coefficient (Wildman–Crippen LogP) is 2.48. The SMILES string of the molecule is CC(C)COc1cc2ccccc2cc1C(=O)NN. The van der Waals surface area contributed by atoms with Gasteiger partial charge in [0.15, 0.2) is 0 Å². The molecule has 0 aliphatic carbocycles. The van der Waals surface area contributed by atoms with E-state index >= 15 is 0 Å². The number of nitrogens with two attached hydrogens (primary N) is 1. The second-order valence-corrected chi connectivity index (χ2v) is 4.87. The lowest BCUT2D eigenvalue weighted by Crippen LogP contribution is -2.30. The van der Waals surface area contributed by atoms with E-state index in [9.17, 15) is 4.79 Å². The molecule has 1 amide bonds. The van der Waals surface area contributed by atoms with E-state index in [0.29, 0.717) is 23.8 Å². The molecule has 0 unspecified atom stereocenters. The molecule has 0 aliphatic heterocycles. The molecule has 19 heavy (non-hydrogen) atoms. The normalized spacial score (nSPS) is 10.7. The van der Waals surface area contributed by atoms with Crippen LogP contribution in [0.4, 0.5) is 0 Å². The number of hydrogen-bond donors (Lipinski definition) is 2. The Hall–Kier alpha value is -2.07. The van der Waals surface area contributed by atoms with Crippen LogP contribution in [0.25, 0.3) is 10.8 Å². The Bertz CT molecular complexity index is 594. The number of carbonyl (C=O) groups is 1. The maximum absolute atomic E-state index is 11.8. The summed E-state index contributed by atoms with van der Waals surface area (Å²) in [7, 11) is 0. The van der Waals surface area contributed by atoms with Crippen LogP contribution in [0, 0.1) is 5.92 Å². The Morgan fingerprint density at radius 1 is 1.26 bits per heavy atom. The van der Waals surface area contributed by atoms with E-state index in [1.54, 1.807) is 6.07 Å². The molecule has 0 heterocycles. The average molecular weight is 258 g/mol. The van der Waals surface area contributed by atoms with Gasteiger partial charge in [-0.05, 0) is 28.8 Å². The van der Waals surface area contributed by atoms with E-state index in [1.807, 2.05) is 30.3 Å². The smallest absolute Gasteiger partial charge is 0.268 e. The summed E-state index contributed by atoms with van der Waals surface area (Å²) < 4.78 is 5.71. The number of hydrazine groups is 1. The first-order valence-corrected chi connectivity index (χ1v) is 6.28. The van der Waals surface area contributed by atoms with Crippen LogP contribution in [0.2, 0.25) is 0 Å². The highest BCUT2D eigenvalue weighted by Gasteiger charge is 2.13. The van der Waals surface area contributed by atoms with Gasteiger partial charge in [-0.25, -0.2) is 5.84 Å². The lowest BCUT2D eigenvalue weighted by molar-refractivity contribution is 0.0949. The van der Waals surface area contributed by atoms with E-state index in [1.165, 1.54) is 0 Å². The van der Waals surface area contributed by atoms with Crippen LogP contribution in [-0.4, -0.2) is 12.5 Å². The number of amides is 1. The zero-order chi connectivity index (χ0) is 13.8. The van der Waals surface area contributed by atoms with Crippen LogP contribution in [0.5, 0.6) is 5.75 Å². The third kappa shape index (κ3) is 3.03. The van der Waals surface area contributed by atoms with Gasteiger partial charge < -0.3 is 4.74 Å². The largest absolute Gasteiger partial charge is 0.492 e. The van der Waals surface area contributed by atoms with Gasteiger partial charge in [0.05, 0.1) is 12.2 Å². The minimum atomic E-state index is -0.343. The summed E-state index contributed by atoms with van der Waals surface area (Å²) in [5.74, 6) is 5.83. The number of benzene rings is 2. The van der Waals surface area contributed by atoms with Gasteiger partial charge in [0, 0.05) is 0 Å². The molecule has 0 spiro atoms. The molecule has 2 aromatic rings. The number of ether oxygens (including phenoxy) is 1. The van der Waals surface area contributed by atoms with Crippen molar-refractivity contribution in [3.05, 3.63) is 42.0 Å². The van der Waals surface area contributed by atoms with Gasteiger partial charge in [0.1, 0.15) is 5.75 Å². The van der Waals surface area contributed by atoms with E-state index in [-0.39, 0.29) is 5.91 Å². The van der Waals surface area contributed by atoms with Crippen molar-refractivity contribution >= 4 is 16.7 Å². The van der Waals surface area contributed by atoms with Gasteiger partial charge in [-0.1, -0.05) is 38.1 Å². The quantitative estimate of drug-likeness (QED) is 0.503. The summed E-state index contributed by atoms with van der Waals surface area (Å²) in [4.78, 5) is 11.8. The maximum Gasteiger partial charge on any atom is 0.268 e. The van der Waals surface area contributed by atoms with Gasteiger partial charge in [-0.15, -0.1) is 0 Å². The van der Waals surface area contributed by atoms with E-state index in [2.05, 4.69) is 19.3 Å². The summed E-state index contributed by atoms with van der Waals surface area (Å²) in [6.07, 6.45) is 0. The molecule has 0 atom stereocenters. The standard InChI is InChI=1S/C15H18N2O2/c1-10(2)9-19-14-8-12-6-4-3-5-11(12)7-13(14)15(18)17-16/h3-8,10H,9,16H2,1-2H3,(H,17,18). The Morgan fingerprint density at radius 2 is 1.89 bits per heavy atom. The number of nitrogens with one attached hydrogen (secondary N) is 1. The van der Waals surface area contributed by atoms with Gasteiger partial charge in [-0.2, -0.15) is 0 Å². The molecule has 3 N–H and O–H groups in total. The van der Waals surface area contributed by atoms with Gasteiger partial charge >= 0.3 is 0 Å². The molecule has 0 saturated heterocycles. The van der Waals surface area contributed by atoms with Crippen molar-refractivity contribution in [1.29, 1.82) is 0 Å². The molecular formula is C15H18N2O2. The molecule has 0 radical (unpaired) electrons. The fourth-order valence-electron chi connectivity index (χ4n) is 1.85. The highest BCUT2D eigenvalue weighted by molar-refractivity contribution is 6.01. The monoisotopic (exact) mass is 258 g/mol. The topological polar surface area (TPSA) is 64.3 Å². The Balaban J connectivity index is 2.47. The zero-order valence-corrected chi connectivity index (χ0v) is 11.1. The Morgan fingerprint density at radius 3 is 2.47 bits per heavy atom. The van der Waals surface area contributed by atoms with Crippen molar-refractivity contribution in [1.82, 2.24) is 5.43 Å². The molecule has 100 valence electrons. The second kappa shape index (κ2) is 5.71. The molecule has 4 nitrogen and oxygen atoms in total. The lowest BCUT2D eigenvalue weighted by Gasteiger charge is -2.13. The Kier molecular flexibility index (Phi) is 4.02. The first-order chi connectivity index (χ1) is 9.11. The number of fused-ring (bicyclic) bond motifs is 1.